The molecule has 0 aromatic heterocycles. The smallest absolute Gasteiger partial charge is 0.136 e. The number of aliphatic hydroxyl groups is 1. The number of nitrogens with zero attached hydrogens (tertiary/aromatic N) is 1. The highest BCUT2D eigenvalue weighted by atomic mass is 16.5. The monoisotopic (exact) mass is 401 g/mol. The Balaban J connectivity index is 1.37. The number of ether oxygens (including phenoxy) is 1. The first-order chi connectivity index (χ1) is 14.7. The van der Waals surface area contributed by atoms with Crippen molar-refractivity contribution in [2.45, 2.75) is 50.2 Å². The average molecular weight is 402 g/mol. The molecule has 1 aliphatic carbocycles. The Kier molecular flexibility index (Phi) is 5.26. The van der Waals surface area contributed by atoms with Gasteiger partial charge in [-0.05, 0) is 54.7 Å². The molecule has 3 heteroatoms. The minimum atomic E-state index is -0.777. The van der Waals surface area contributed by atoms with Gasteiger partial charge < -0.3 is 14.7 Å². The Morgan fingerprint density at radius 1 is 0.967 bits per heavy atom. The second-order valence-corrected chi connectivity index (χ2v) is 8.95. The fourth-order valence-electron chi connectivity index (χ4n) is 5.36. The third-order valence-corrected chi connectivity index (χ3v) is 7.11. The Labute approximate surface area is 179 Å². The summed E-state index contributed by atoms with van der Waals surface area (Å²) in [6.07, 6.45) is 4.94. The Morgan fingerprint density at radius 3 is 2.47 bits per heavy atom. The van der Waals surface area contributed by atoms with Crippen LogP contribution in [-0.2, 0) is 10.3 Å². The number of anilines is 1. The SMILES string of the molecule is CCN(c1cccc2ccccc12)C1CCCC(c2ccc(C3(O)COC3)cc2)C1. The first-order valence-electron chi connectivity index (χ1n) is 11.3. The van der Waals surface area contributed by atoms with Crippen molar-refractivity contribution in [3.63, 3.8) is 0 Å². The van der Waals surface area contributed by atoms with Gasteiger partial charge in [-0.3, -0.25) is 0 Å². The molecule has 1 heterocycles. The zero-order chi connectivity index (χ0) is 20.6. The van der Waals surface area contributed by atoms with E-state index in [1.807, 2.05) is 0 Å². The molecule has 1 saturated heterocycles. The molecule has 0 spiro atoms. The van der Waals surface area contributed by atoms with Gasteiger partial charge in [-0.1, -0.05) is 67.1 Å². The fourth-order valence-corrected chi connectivity index (χ4v) is 5.36. The number of benzene rings is 3. The van der Waals surface area contributed by atoms with Gasteiger partial charge in [0.25, 0.3) is 0 Å². The van der Waals surface area contributed by atoms with Crippen molar-refractivity contribution in [2.24, 2.45) is 0 Å². The predicted molar refractivity (Wildman–Crippen MR) is 123 cm³/mol. The molecule has 2 unspecified atom stereocenters. The molecular weight excluding hydrogens is 370 g/mol. The van der Waals surface area contributed by atoms with E-state index in [1.165, 1.54) is 47.7 Å². The van der Waals surface area contributed by atoms with E-state index < -0.39 is 5.60 Å². The first-order valence-corrected chi connectivity index (χ1v) is 11.3. The second-order valence-electron chi connectivity index (χ2n) is 8.95. The lowest BCUT2D eigenvalue weighted by molar-refractivity contribution is -0.184. The van der Waals surface area contributed by atoms with Crippen LogP contribution in [0, 0.1) is 0 Å². The maximum Gasteiger partial charge on any atom is 0.136 e. The Bertz CT molecular complexity index is 1000. The molecule has 2 atom stereocenters. The molecule has 1 aliphatic heterocycles. The molecule has 2 fully saturated rings. The van der Waals surface area contributed by atoms with E-state index >= 15 is 0 Å². The third kappa shape index (κ3) is 3.51. The van der Waals surface area contributed by atoms with Crippen LogP contribution in [0.3, 0.4) is 0 Å². The summed E-state index contributed by atoms with van der Waals surface area (Å²) >= 11 is 0. The minimum absolute atomic E-state index is 0.411. The molecule has 1 saturated carbocycles. The molecule has 0 bridgehead atoms. The maximum absolute atomic E-state index is 10.5. The van der Waals surface area contributed by atoms with Gasteiger partial charge in [0.1, 0.15) is 5.60 Å². The van der Waals surface area contributed by atoms with E-state index in [-0.39, 0.29) is 0 Å². The summed E-state index contributed by atoms with van der Waals surface area (Å²) in [5, 5.41) is 13.2. The molecular formula is C27H31NO2. The second kappa shape index (κ2) is 8.05. The van der Waals surface area contributed by atoms with Gasteiger partial charge in [-0.2, -0.15) is 0 Å². The maximum atomic E-state index is 10.5. The molecule has 3 aromatic carbocycles. The molecule has 0 radical (unpaired) electrons. The highest BCUT2D eigenvalue weighted by Gasteiger charge is 2.38. The van der Waals surface area contributed by atoms with Crippen molar-refractivity contribution in [1.29, 1.82) is 0 Å². The fraction of sp³-hybridized carbons (Fsp3) is 0.407. The van der Waals surface area contributed by atoms with Crippen molar-refractivity contribution in [1.82, 2.24) is 0 Å². The van der Waals surface area contributed by atoms with E-state index in [1.54, 1.807) is 0 Å². The van der Waals surface area contributed by atoms with Crippen LogP contribution in [0.1, 0.15) is 49.7 Å². The normalized spacial score (nSPS) is 23.1. The third-order valence-electron chi connectivity index (χ3n) is 7.11. The topological polar surface area (TPSA) is 32.7 Å². The molecule has 156 valence electrons. The molecule has 3 aromatic rings. The zero-order valence-electron chi connectivity index (χ0n) is 17.8. The number of fused-ring (bicyclic) bond motifs is 1. The largest absolute Gasteiger partial charge is 0.380 e. The van der Waals surface area contributed by atoms with Crippen LogP contribution in [0.2, 0.25) is 0 Å². The van der Waals surface area contributed by atoms with Crippen LogP contribution in [0.5, 0.6) is 0 Å². The van der Waals surface area contributed by atoms with E-state index in [2.05, 4.69) is 78.6 Å². The number of hydrogen-bond acceptors (Lipinski definition) is 3. The summed E-state index contributed by atoms with van der Waals surface area (Å²) in [5.41, 5.74) is 2.97. The number of rotatable bonds is 5. The van der Waals surface area contributed by atoms with Crippen LogP contribution in [0.25, 0.3) is 10.8 Å². The standard InChI is InChI=1S/C27H31NO2/c1-2-28(26-12-6-8-21-7-3-4-11-25(21)26)24-10-5-9-22(17-24)20-13-15-23(16-14-20)27(29)18-30-19-27/h3-4,6-8,11-16,22,24,29H,2,5,9-10,17-19H2,1H3. The van der Waals surface area contributed by atoms with Crippen LogP contribution in [0.15, 0.2) is 66.7 Å². The lowest BCUT2D eigenvalue weighted by atomic mass is 9.79. The zero-order valence-corrected chi connectivity index (χ0v) is 17.8. The van der Waals surface area contributed by atoms with Gasteiger partial charge in [0.15, 0.2) is 0 Å². The number of hydrogen-bond donors (Lipinski definition) is 1. The highest BCUT2D eigenvalue weighted by Crippen LogP contribution is 2.39. The average Bonchev–Trinajstić information content (AvgIpc) is 2.78. The summed E-state index contributed by atoms with van der Waals surface area (Å²) in [5.74, 6) is 0.578. The minimum Gasteiger partial charge on any atom is -0.380 e. The van der Waals surface area contributed by atoms with Crippen LogP contribution in [-0.4, -0.2) is 30.9 Å². The summed E-state index contributed by atoms with van der Waals surface area (Å²) < 4.78 is 5.21. The first kappa shape index (κ1) is 19.6. The van der Waals surface area contributed by atoms with Crippen LogP contribution in [0.4, 0.5) is 5.69 Å². The van der Waals surface area contributed by atoms with Crippen molar-refractivity contribution in [3.8, 4) is 0 Å². The van der Waals surface area contributed by atoms with Gasteiger partial charge in [-0.25, -0.2) is 0 Å². The van der Waals surface area contributed by atoms with Crippen molar-refractivity contribution >= 4 is 16.5 Å². The van der Waals surface area contributed by atoms with Gasteiger partial charge in [-0.15, -0.1) is 0 Å². The van der Waals surface area contributed by atoms with Gasteiger partial charge in [0.05, 0.1) is 13.2 Å². The molecule has 30 heavy (non-hydrogen) atoms. The van der Waals surface area contributed by atoms with Gasteiger partial charge >= 0.3 is 0 Å². The van der Waals surface area contributed by atoms with Crippen molar-refractivity contribution in [3.05, 3.63) is 77.9 Å². The molecule has 2 aliphatic rings. The van der Waals surface area contributed by atoms with Crippen LogP contribution >= 0.6 is 0 Å². The summed E-state index contributed by atoms with van der Waals surface area (Å²) in [6, 6.07) is 24.6. The summed E-state index contributed by atoms with van der Waals surface area (Å²) in [7, 11) is 0. The lowest BCUT2D eigenvalue weighted by Gasteiger charge is -2.39. The highest BCUT2D eigenvalue weighted by molar-refractivity contribution is 5.94. The Hall–Kier alpha value is -2.36. The van der Waals surface area contributed by atoms with Crippen LogP contribution < -0.4 is 4.90 Å². The van der Waals surface area contributed by atoms with Crippen molar-refractivity contribution in [2.75, 3.05) is 24.7 Å². The van der Waals surface area contributed by atoms with E-state index in [0.29, 0.717) is 25.2 Å². The van der Waals surface area contributed by atoms with E-state index in [0.717, 1.165) is 12.1 Å². The lowest BCUT2D eigenvalue weighted by Crippen LogP contribution is -2.46. The molecule has 1 N–H and O–H groups in total. The molecule has 0 amide bonds. The molecule has 5 rings (SSSR count). The predicted octanol–water partition coefficient (Wildman–Crippen LogP) is 5.61. The van der Waals surface area contributed by atoms with Gasteiger partial charge in [0.2, 0.25) is 0 Å². The van der Waals surface area contributed by atoms with Gasteiger partial charge in [0, 0.05) is 23.7 Å². The summed E-state index contributed by atoms with van der Waals surface area (Å²) in [4.78, 5) is 2.62. The van der Waals surface area contributed by atoms with E-state index in [4.69, 9.17) is 4.74 Å². The Morgan fingerprint density at radius 2 is 1.73 bits per heavy atom. The van der Waals surface area contributed by atoms with Crippen molar-refractivity contribution < 1.29 is 9.84 Å². The molecule has 3 nitrogen and oxygen atoms in total. The van der Waals surface area contributed by atoms with E-state index in [9.17, 15) is 5.11 Å². The quantitative estimate of drug-likeness (QED) is 0.603. The summed E-state index contributed by atoms with van der Waals surface area (Å²) in [6.45, 7) is 4.13.